The fraction of sp³-hybridized carbons (Fsp3) is 0.227. The van der Waals surface area contributed by atoms with Crippen LogP contribution in [0.2, 0.25) is 5.02 Å². The number of aromatic amines is 1. The number of H-pyrrole nitrogens is 1. The number of aryl methyl sites for hydroxylation is 1. The number of hydrogen-bond acceptors (Lipinski definition) is 4. The third-order valence-electron chi connectivity index (χ3n) is 5.77. The molecule has 1 N–H and O–H groups in total. The molecule has 8 heteroatoms. The molecule has 1 aliphatic heterocycles. The molecule has 0 radical (unpaired) electrons. The van der Waals surface area contributed by atoms with Gasteiger partial charge in [0.2, 0.25) is 5.91 Å². The first-order chi connectivity index (χ1) is 14.6. The number of pyridine rings is 1. The van der Waals surface area contributed by atoms with Gasteiger partial charge in [-0.05, 0) is 36.3 Å². The van der Waals surface area contributed by atoms with E-state index in [0.717, 1.165) is 52.1 Å². The van der Waals surface area contributed by atoms with Gasteiger partial charge >= 0.3 is 0 Å². The maximum Gasteiger partial charge on any atom is 0.246 e. The molecule has 4 aromatic rings. The summed E-state index contributed by atoms with van der Waals surface area (Å²) in [5.41, 5.74) is 4.93. The van der Waals surface area contributed by atoms with E-state index in [9.17, 15) is 4.79 Å². The number of halogens is 1. The highest BCUT2D eigenvalue weighted by atomic mass is 35.5. The minimum atomic E-state index is -0.0238. The van der Waals surface area contributed by atoms with Gasteiger partial charge < -0.3 is 9.80 Å². The molecule has 1 aliphatic rings. The zero-order chi connectivity index (χ0) is 20.8. The van der Waals surface area contributed by atoms with Crippen LogP contribution in [-0.2, 0) is 4.79 Å². The molecule has 30 heavy (non-hydrogen) atoms. The van der Waals surface area contributed by atoms with Crippen LogP contribution in [0.1, 0.15) is 5.56 Å². The summed E-state index contributed by atoms with van der Waals surface area (Å²) >= 11 is 6.77. The average Bonchev–Trinajstić information content (AvgIpc) is 3.40. The molecule has 152 valence electrons. The highest BCUT2D eigenvalue weighted by Gasteiger charge is 2.22. The van der Waals surface area contributed by atoms with Crippen molar-refractivity contribution in [2.24, 2.45) is 0 Å². The normalized spacial score (nSPS) is 14.6. The van der Waals surface area contributed by atoms with Crippen molar-refractivity contribution in [2.45, 2.75) is 6.92 Å². The van der Waals surface area contributed by atoms with E-state index in [0.29, 0.717) is 18.1 Å². The van der Waals surface area contributed by atoms with Gasteiger partial charge in [0, 0.05) is 43.3 Å². The number of benzene rings is 1. The molecular weight excluding hydrogens is 400 g/mol. The van der Waals surface area contributed by atoms with Crippen molar-refractivity contribution in [2.75, 3.05) is 31.1 Å². The van der Waals surface area contributed by atoms with Crippen LogP contribution in [0.25, 0.3) is 27.7 Å². The van der Waals surface area contributed by atoms with Crippen LogP contribution in [-0.4, -0.2) is 56.6 Å². The first-order valence-corrected chi connectivity index (χ1v) is 10.2. The molecule has 0 unspecified atom stereocenters. The number of aromatic nitrogens is 4. The summed E-state index contributed by atoms with van der Waals surface area (Å²) in [4.78, 5) is 20.5. The SMILES string of the molecule is C=CC(=O)N1CCN(c2cnc3cc(-c4c(C)ccc5[nH]ncc45)c(Cl)cn23)CC1. The number of piperazine rings is 1. The lowest BCUT2D eigenvalue weighted by Gasteiger charge is -2.35. The second-order valence-electron chi connectivity index (χ2n) is 7.48. The van der Waals surface area contributed by atoms with E-state index in [1.807, 2.05) is 40.0 Å². The van der Waals surface area contributed by atoms with Crippen molar-refractivity contribution in [1.29, 1.82) is 0 Å². The van der Waals surface area contributed by atoms with E-state index in [1.165, 1.54) is 6.08 Å². The number of amides is 1. The smallest absolute Gasteiger partial charge is 0.246 e. The fourth-order valence-corrected chi connectivity index (χ4v) is 4.43. The molecule has 0 atom stereocenters. The van der Waals surface area contributed by atoms with Gasteiger partial charge in [-0.1, -0.05) is 24.2 Å². The molecule has 0 bridgehead atoms. The Bertz CT molecular complexity index is 1280. The van der Waals surface area contributed by atoms with Gasteiger partial charge in [0.15, 0.2) is 0 Å². The third kappa shape index (κ3) is 2.93. The Kier molecular flexibility index (Phi) is 4.47. The molecule has 3 aromatic heterocycles. The van der Waals surface area contributed by atoms with Crippen molar-refractivity contribution in [1.82, 2.24) is 24.5 Å². The Labute approximate surface area is 178 Å². The third-order valence-corrected chi connectivity index (χ3v) is 6.07. The first-order valence-electron chi connectivity index (χ1n) is 9.83. The molecule has 1 amide bonds. The van der Waals surface area contributed by atoms with Crippen LogP contribution in [0.3, 0.4) is 0 Å². The van der Waals surface area contributed by atoms with Crippen LogP contribution in [0.4, 0.5) is 5.82 Å². The van der Waals surface area contributed by atoms with Crippen molar-refractivity contribution in [3.8, 4) is 11.1 Å². The lowest BCUT2D eigenvalue weighted by atomic mass is 9.97. The van der Waals surface area contributed by atoms with E-state index in [-0.39, 0.29) is 5.91 Å². The fourth-order valence-electron chi connectivity index (χ4n) is 4.18. The highest BCUT2D eigenvalue weighted by molar-refractivity contribution is 6.33. The Morgan fingerprint density at radius 2 is 2.03 bits per heavy atom. The van der Waals surface area contributed by atoms with E-state index in [1.54, 1.807) is 0 Å². The molecular formula is C22H21ClN6O. The number of nitrogens with one attached hydrogen (secondary N) is 1. The zero-order valence-electron chi connectivity index (χ0n) is 16.6. The number of hydrogen-bond donors (Lipinski definition) is 1. The molecule has 4 heterocycles. The monoisotopic (exact) mass is 420 g/mol. The number of imidazole rings is 1. The predicted molar refractivity (Wildman–Crippen MR) is 119 cm³/mol. The quantitative estimate of drug-likeness (QED) is 0.513. The van der Waals surface area contributed by atoms with Crippen LogP contribution >= 0.6 is 11.6 Å². The number of fused-ring (bicyclic) bond motifs is 2. The van der Waals surface area contributed by atoms with E-state index in [2.05, 4.69) is 39.7 Å². The Hall–Kier alpha value is -3.32. The van der Waals surface area contributed by atoms with Gasteiger partial charge in [0.25, 0.3) is 0 Å². The van der Waals surface area contributed by atoms with Crippen molar-refractivity contribution in [3.05, 3.63) is 60.0 Å². The summed E-state index contributed by atoms with van der Waals surface area (Å²) in [7, 11) is 0. The van der Waals surface area contributed by atoms with Crippen molar-refractivity contribution in [3.63, 3.8) is 0 Å². The van der Waals surface area contributed by atoms with Crippen LogP contribution in [0.5, 0.6) is 0 Å². The van der Waals surface area contributed by atoms with Crippen molar-refractivity contribution >= 4 is 39.9 Å². The molecule has 0 spiro atoms. The summed E-state index contributed by atoms with van der Waals surface area (Å²) in [5, 5.41) is 8.89. The van der Waals surface area contributed by atoms with Gasteiger partial charge in [0.1, 0.15) is 11.5 Å². The Balaban J connectivity index is 1.53. The Morgan fingerprint density at radius 3 is 2.80 bits per heavy atom. The maximum atomic E-state index is 11.8. The van der Waals surface area contributed by atoms with Crippen molar-refractivity contribution < 1.29 is 4.79 Å². The topological polar surface area (TPSA) is 69.5 Å². The number of rotatable bonds is 3. The summed E-state index contributed by atoms with van der Waals surface area (Å²) in [6, 6.07) is 6.12. The predicted octanol–water partition coefficient (Wildman–Crippen LogP) is 3.67. The second kappa shape index (κ2) is 7.18. The number of carbonyl (C=O) groups is 1. The second-order valence-corrected chi connectivity index (χ2v) is 7.89. The largest absolute Gasteiger partial charge is 0.353 e. The van der Waals surface area contributed by atoms with E-state index in [4.69, 9.17) is 11.6 Å². The Morgan fingerprint density at radius 1 is 1.23 bits per heavy atom. The van der Waals surface area contributed by atoms with Gasteiger partial charge in [-0.15, -0.1) is 0 Å². The molecule has 5 rings (SSSR count). The summed E-state index contributed by atoms with van der Waals surface area (Å²) in [6.07, 6.45) is 6.99. The molecule has 1 fully saturated rings. The summed E-state index contributed by atoms with van der Waals surface area (Å²) < 4.78 is 2.02. The van der Waals surface area contributed by atoms with Crippen LogP contribution in [0, 0.1) is 6.92 Å². The number of carbonyl (C=O) groups excluding carboxylic acids is 1. The minimum absolute atomic E-state index is 0.0238. The molecule has 1 saturated heterocycles. The van der Waals surface area contributed by atoms with Crippen LogP contribution in [0.15, 0.2) is 49.4 Å². The highest BCUT2D eigenvalue weighted by Crippen LogP contribution is 2.37. The van der Waals surface area contributed by atoms with Gasteiger partial charge in [-0.2, -0.15) is 5.10 Å². The molecule has 0 aliphatic carbocycles. The van der Waals surface area contributed by atoms with Crippen LogP contribution < -0.4 is 4.90 Å². The average molecular weight is 421 g/mol. The summed E-state index contributed by atoms with van der Waals surface area (Å²) in [6.45, 7) is 8.43. The van der Waals surface area contributed by atoms with Gasteiger partial charge in [-0.25, -0.2) is 4.98 Å². The minimum Gasteiger partial charge on any atom is -0.353 e. The lowest BCUT2D eigenvalue weighted by Crippen LogP contribution is -2.48. The number of anilines is 1. The maximum absolute atomic E-state index is 11.8. The lowest BCUT2D eigenvalue weighted by molar-refractivity contribution is -0.126. The number of nitrogens with zero attached hydrogens (tertiary/aromatic N) is 5. The standard InChI is InChI=1S/C22H21ClN6O/c1-3-21(30)28-8-6-27(7-9-28)20-12-24-19-10-15(17(23)13-29(19)20)22-14(2)4-5-18-16(22)11-25-26-18/h3-5,10-13H,1,6-9H2,2H3,(H,25,26). The zero-order valence-corrected chi connectivity index (χ0v) is 17.4. The first kappa shape index (κ1) is 18.7. The van der Waals surface area contributed by atoms with Gasteiger partial charge in [0.05, 0.1) is 22.9 Å². The van der Waals surface area contributed by atoms with E-state index >= 15 is 0 Å². The van der Waals surface area contributed by atoms with Gasteiger partial charge in [-0.3, -0.25) is 14.3 Å². The molecule has 7 nitrogen and oxygen atoms in total. The van der Waals surface area contributed by atoms with E-state index < -0.39 is 0 Å². The molecule has 1 aromatic carbocycles. The molecule has 0 saturated carbocycles. The summed E-state index contributed by atoms with van der Waals surface area (Å²) in [5.74, 6) is 0.951.